The summed E-state index contributed by atoms with van der Waals surface area (Å²) in [5, 5.41) is 0. The Balaban J connectivity index is 3.29. The van der Waals surface area contributed by atoms with Crippen LogP contribution in [0.4, 0.5) is 22.0 Å². The third-order valence-corrected chi connectivity index (χ3v) is 1.93. The summed E-state index contributed by atoms with van der Waals surface area (Å²) >= 11 is 0. The van der Waals surface area contributed by atoms with E-state index in [-0.39, 0.29) is 0 Å². The molecular weight excluding hydrogens is 247 g/mol. The van der Waals surface area contributed by atoms with Crippen LogP contribution >= 0.6 is 0 Å². The molecule has 94 valence electrons. The maximum atomic E-state index is 13.2. The monoisotopic (exact) mass is 254 g/mol. The number of benzene rings is 1. The van der Waals surface area contributed by atoms with Crippen molar-refractivity contribution in [3.05, 3.63) is 29.1 Å². The van der Waals surface area contributed by atoms with Gasteiger partial charge in [-0.15, -0.1) is 0 Å². The van der Waals surface area contributed by atoms with Gasteiger partial charge >= 0.3 is 6.61 Å². The second-order valence-corrected chi connectivity index (χ2v) is 3.11. The Morgan fingerprint density at radius 2 is 1.82 bits per heavy atom. The molecule has 0 radical (unpaired) electrons. The van der Waals surface area contributed by atoms with Crippen molar-refractivity contribution in [1.29, 1.82) is 0 Å². The summed E-state index contributed by atoms with van der Waals surface area (Å²) in [6.45, 7) is -2.37. The Bertz CT molecular complexity index is 431. The summed E-state index contributed by atoms with van der Waals surface area (Å²) in [5.74, 6) is -3.09. The Morgan fingerprint density at radius 1 is 1.24 bits per heavy atom. The quantitative estimate of drug-likeness (QED) is 0.606. The second kappa shape index (κ2) is 5.11. The summed E-state index contributed by atoms with van der Waals surface area (Å²) in [4.78, 5) is 11.0. The predicted octanol–water partition coefficient (Wildman–Crippen LogP) is 3.57. The molecular formula is C10H7F5O2. The third kappa shape index (κ3) is 3.15. The van der Waals surface area contributed by atoms with Crippen LogP contribution in [0.15, 0.2) is 12.1 Å². The van der Waals surface area contributed by atoms with Crippen LogP contribution in [0.3, 0.4) is 0 Å². The van der Waals surface area contributed by atoms with Crippen LogP contribution in [0, 0.1) is 5.82 Å². The molecule has 0 aliphatic rings. The lowest BCUT2D eigenvalue weighted by Gasteiger charge is -2.11. The van der Waals surface area contributed by atoms with E-state index in [2.05, 4.69) is 4.74 Å². The number of rotatable bonds is 4. The van der Waals surface area contributed by atoms with Gasteiger partial charge in [0, 0.05) is 11.1 Å². The summed E-state index contributed by atoms with van der Waals surface area (Å²) in [5.41, 5.74) is -1.39. The molecule has 0 amide bonds. The van der Waals surface area contributed by atoms with E-state index in [1.807, 2.05) is 0 Å². The lowest BCUT2D eigenvalue weighted by Crippen LogP contribution is -2.07. The van der Waals surface area contributed by atoms with Gasteiger partial charge < -0.3 is 4.74 Å². The fourth-order valence-electron chi connectivity index (χ4n) is 1.24. The molecule has 0 N–H and O–H groups in total. The molecule has 0 aliphatic carbocycles. The van der Waals surface area contributed by atoms with Crippen LogP contribution < -0.4 is 4.74 Å². The third-order valence-electron chi connectivity index (χ3n) is 1.93. The van der Waals surface area contributed by atoms with E-state index in [1.165, 1.54) is 0 Å². The summed E-state index contributed by atoms with van der Waals surface area (Å²) in [6.07, 6.45) is -3.09. The highest BCUT2D eigenvalue weighted by atomic mass is 19.3. The smallest absolute Gasteiger partial charge is 0.387 e. The van der Waals surface area contributed by atoms with Gasteiger partial charge in [-0.3, -0.25) is 4.79 Å². The van der Waals surface area contributed by atoms with Crippen molar-refractivity contribution in [1.82, 2.24) is 0 Å². The molecule has 2 nitrogen and oxygen atoms in total. The topological polar surface area (TPSA) is 26.3 Å². The molecule has 0 bridgehead atoms. The highest BCUT2D eigenvalue weighted by molar-refractivity contribution is 5.95. The molecule has 0 aliphatic heterocycles. The predicted molar refractivity (Wildman–Crippen MR) is 48.0 cm³/mol. The maximum absolute atomic E-state index is 13.2. The van der Waals surface area contributed by atoms with E-state index in [1.54, 1.807) is 0 Å². The van der Waals surface area contributed by atoms with Gasteiger partial charge in [-0.05, 0) is 19.1 Å². The Kier molecular flexibility index (Phi) is 4.03. The first-order valence-electron chi connectivity index (χ1n) is 4.40. The molecule has 1 aromatic carbocycles. The average molecular weight is 254 g/mol. The largest absolute Gasteiger partial charge is 0.432 e. The van der Waals surface area contributed by atoms with Gasteiger partial charge in [0.05, 0.1) is 0 Å². The van der Waals surface area contributed by atoms with Crippen LogP contribution in [0.25, 0.3) is 0 Å². The fraction of sp³-hybridized carbons (Fsp3) is 0.300. The lowest BCUT2D eigenvalue weighted by molar-refractivity contribution is -0.0524. The number of ether oxygens (including phenoxy) is 1. The van der Waals surface area contributed by atoms with Gasteiger partial charge in [0.1, 0.15) is 0 Å². The van der Waals surface area contributed by atoms with Gasteiger partial charge in [0.2, 0.25) is 0 Å². The van der Waals surface area contributed by atoms with Gasteiger partial charge in [-0.1, -0.05) is 0 Å². The van der Waals surface area contributed by atoms with E-state index < -0.39 is 41.5 Å². The zero-order chi connectivity index (χ0) is 13.2. The zero-order valence-corrected chi connectivity index (χ0v) is 8.52. The van der Waals surface area contributed by atoms with Crippen LogP contribution in [0.2, 0.25) is 0 Å². The molecule has 0 saturated heterocycles. The number of ketones is 1. The van der Waals surface area contributed by atoms with Gasteiger partial charge in [0.25, 0.3) is 6.43 Å². The van der Waals surface area contributed by atoms with Crippen molar-refractivity contribution in [2.45, 2.75) is 20.0 Å². The normalized spacial score (nSPS) is 11.1. The van der Waals surface area contributed by atoms with Crippen LogP contribution in [0.5, 0.6) is 5.75 Å². The number of carbonyl (C=O) groups excluding carboxylic acids is 1. The summed E-state index contributed by atoms with van der Waals surface area (Å²) in [7, 11) is 0. The van der Waals surface area contributed by atoms with Gasteiger partial charge in [-0.2, -0.15) is 8.78 Å². The number of hydrogen-bond acceptors (Lipinski definition) is 2. The number of carbonyl (C=O) groups is 1. The lowest BCUT2D eigenvalue weighted by atomic mass is 10.0. The molecule has 1 aromatic rings. The van der Waals surface area contributed by atoms with E-state index in [9.17, 15) is 26.7 Å². The van der Waals surface area contributed by atoms with Gasteiger partial charge in [-0.25, -0.2) is 13.2 Å². The fourth-order valence-corrected chi connectivity index (χ4v) is 1.24. The molecule has 0 saturated carbocycles. The molecule has 0 spiro atoms. The zero-order valence-electron chi connectivity index (χ0n) is 8.52. The summed E-state index contributed by atoms with van der Waals surface area (Å²) in [6, 6.07) is 0.866. The first-order valence-corrected chi connectivity index (χ1v) is 4.40. The highest BCUT2D eigenvalue weighted by Crippen LogP contribution is 2.30. The van der Waals surface area contributed by atoms with E-state index in [0.29, 0.717) is 12.1 Å². The molecule has 17 heavy (non-hydrogen) atoms. The van der Waals surface area contributed by atoms with Crippen molar-refractivity contribution >= 4 is 5.78 Å². The minimum Gasteiger partial charge on any atom is -0.432 e. The van der Waals surface area contributed by atoms with Crippen molar-refractivity contribution in [3.63, 3.8) is 0 Å². The van der Waals surface area contributed by atoms with Crippen LogP contribution in [0.1, 0.15) is 29.3 Å². The molecule has 0 heterocycles. The Hall–Kier alpha value is -1.66. The van der Waals surface area contributed by atoms with Crippen LogP contribution in [-0.2, 0) is 0 Å². The standard InChI is InChI=1S/C10H7F5O2/c1-4(16)5-2-7(11)8(17-10(14)15)3-6(5)9(12)13/h2-3,9-10H,1H3. The van der Waals surface area contributed by atoms with E-state index in [4.69, 9.17) is 0 Å². The first kappa shape index (κ1) is 13.4. The first-order chi connectivity index (χ1) is 7.82. The van der Waals surface area contributed by atoms with Crippen molar-refractivity contribution in [3.8, 4) is 5.75 Å². The molecule has 0 aromatic heterocycles. The van der Waals surface area contributed by atoms with Crippen molar-refractivity contribution in [2.24, 2.45) is 0 Å². The Labute approximate surface area is 93.0 Å². The van der Waals surface area contributed by atoms with Crippen molar-refractivity contribution < 1.29 is 31.5 Å². The molecule has 1 rings (SSSR count). The van der Waals surface area contributed by atoms with E-state index in [0.717, 1.165) is 6.92 Å². The van der Waals surface area contributed by atoms with Crippen molar-refractivity contribution in [2.75, 3.05) is 0 Å². The SMILES string of the molecule is CC(=O)c1cc(F)c(OC(F)F)cc1C(F)F. The number of Topliss-reactive ketones (excluding diaryl/α,β-unsaturated/α-hetero) is 1. The molecule has 0 atom stereocenters. The molecule has 0 unspecified atom stereocenters. The number of alkyl halides is 4. The number of halogens is 5. The number of hydrogen-bond donors (Lipinski definition) is 0. The van der Waals surface area contributed by atoms with E-state index >= 15 is 0 Å². The molecule has 7 heteroatoms. The second-order valence-electron chi connectivity index (χ2n) is 3.11. The highest BCUT2D eigenvalue weighted by Gasteiger charge is 2.21. The minimum absolute atomic E-state index is 0.406. The van der Waals surface area contributed by atoms with Crippen LogP contribution in [-0.4, -0.2) is 12.4 Å². The average Bonchev–Trinajstić information content (AvgIpc) is 2.19. The molecule has 0 fully saturated rings. The summed E-state index contributed by atoms with van der Waals surface area (Å²) < 4.78 is 65.6. The minimum atomic E-state index is -3.33. The van der Waals surface area contributed by atoms with Gasteiger partial charge in [0.15, 0.2) is 17.3 Å². The Morgan fingerprint density at radius 3 is 2.24 bits per heavy atom. The maximum Gasteiger partial charge on any atom is 0.387 e.